The van der Waals surface area contributed by atoms with E-state index < -0.39 is 12.1 Å². The smallest absolute Gasteiger partial charge is 0.312 e. The number of aliphatic hydroxyl groups is 1. The summed E-state index contributed by atoms with van der Waals surface area (Å²) in [5.74, 6) is 0. The van der Waals surface area contributed by atoms with E-state index in [0.717, 1.165) is 16.3 Å². The second kappa shape index (κ2) is 6.88. The first kappa shape index (κ1) is 14.3. The molecule has 0 aliphatic carbocycles. The molecule has 1 atom stereocenters. The van der Waals surface area contributed by atoms with E-state index in [1.165, 1.54) is 0 Å². The number of benzene rings is 2. The fourth-order valence-electron chi connectivity index (χ4n) is 2.05. The minimum Gasteiger partial charge on any atom is -0.387 e. The SMILES string of the molecule is NC(=O)NCCNCC(O)c1ccc2ccccc2c1. The summed E-state index contributed by atoms with van der Waals surface area (Å²) in [6.45, 7) is 1.44. The summed E-state index contributed by atoms with van der Waals surface area (Å²) in [6, 6.07) is 13.4. The number of fused-ring (bicyclic) bond motifs is 1. The molecule has 5 heteroatoms. The lowest BCUT2D eigenvalue weighted by Gasteiger charge is -2.13. The summed E-state index contributed by atoms with van der Waals surface area (Å²) in [6.07, 6.45) is -0.576. The molecule has 0 aromatic heterocycles. The zero-order valence-electron chi connectivity index (χ0n) is 11.2. The molecule has 0 fully saturated rings. The van der Waals surface area contributed by atoms with E-state index >= 15 is 0 Å². The number of aliphatic hydroxyl groups excluding tert-OH is 1. The molecule has 0 saturated heterocycles. The van der Waals surface area contributed by atoms with Crippen molar-refractivity contribution in [2.24, 2.45) is 5.73 Å². The van der Waals surface area contributed by atoms with Gasteiger partial charge in [-0.1, -0.05) is 36.4 Å². The molecule has 106 valence electrons. The van der Waals surface area contributed by atoms with Gasteiger partial charge in [0, 0.05) is 19.6 Å². The molecule has 5 N–H and O–H groups in total. The molecule has 2 rings (SSSR count). The standard InChI is InChI=1S/C15H19N3O2/c16-15(20)18-8-7-17-10-14(19)13-6-5-11-3-1-2-4-12(11)9-13/h1-6,9,14,17,19H,7-8,10H2,(H3,16,18,20). The first-order valence-electron chi connectivity index (χ1n) is 6.57. The number of nitrogens with two attached hydrogens (primary N) is 1. The van der Waals surface area contributed by atoms with Gasteiger partial charge >= 0.3 is 6.03 Å². The molecule has 0 bridgehead atoms. The van der Waals surface area contributed by atoms with Gasteiger partial charge in [0.25, 0.3) is 0 Å². The highest BCUT2D eigenvalue weighted by Gasteiger charge is 2.07. The second-order valence-electron chi connectivity index (χ2n) is 4.62. The Morgan fingerprint density at radius 3 is 2.65 bits per heavy atom. The fraction of sp³-hybridized carbons (Fsp3) is 0.267. The zero-order chi connectivity index (χ0) is 14.4. The summed E-state index contributed by atoms with van der Waals surface area (Å²) in [7, 11) is 0. The van der Waals surface area contributed by atoms with Crippen molar-refractivity contribution in [3.05, 3.63) is 48.0 Å². The Kier molecular flexibility index (Phi) is 4.92. The molecule has 2 aromatic carbocycles. The molecule has 1 unspecified atom stereocenters. The first-order valence-corrected chi connectivity index (χ1v) is 6.57. The topological polar surface area (TPSA) is 87.4 Å². The highest BCUT2D eigenvalue weighted by molar-refractivity contribution is 5.83. The van der Waals surface area contributed by atoms with E-state index in [0.29, 0.717) is 19.6 Å². The van der Waals surface area contributed by atoms with Crippen LogP contribution in [0.5, 0.6) is 0 Å². The molecule has 0 spiro atoms. The number of urea groups is 1. The summed E-state index contributed by atoms with van der Waals surface area (Å²) in [5.41, 5.74) is 5.83. The van der Waals surface area contributed by atoms with Crippen LogP contribution in [0.15, 0.2) is 42.5 Å². The molecule has 20 heavy (non-hydrogen) atoms. The van der Waals surface area contributed by atoms with Crippen molar-refractivity contribution in [3.63, 3.8) is 0 Å². The number of carbonyl (C=O) groups excluding carboxylic acids is 1. The van der Waals surface area contributed by atoms with E-state index in [9.17, 15) is 9.90 Å². The first-order chi connectivity index (χ1) is 9.66. The third-order valence-electron chi connectivity index (χ3n) is 3.10. The van der Waals surface area contributed by atoms with Crippen LogP contribution in [0, 0.1) is 0 Å². The minimum absolute atomic E-state index is 0.429. The van der Waals surface area contributed by atoms with Crippen molar-refractivity contribution in [1.29, 1.82) is 0 Å². The zero-order valence-corrected chi connectivity index (χ0v) is 11.2. The van der Waals surface area contributed by atoms with Crippen LogP contribution in [0.4, 0.5) is 4.79 Å². The van der Waals surface area contributed by atoms with E-state index in [2.05, 4.69) is 10.6 Å². The van der Waals surface area contributed by atoms with Crippen molar-refractivity contribution in [1.82, 2.24) is 10.6 Å². The lowest BCUT2D eigenvalue weighted by atomic mass is 10.0. The van der Waals surface area contributed by atoms with Gasteiger partial charge in [0.05, 0.1) is 6.10 Å². The number of nitrogens with one attached hydrogen (secondary N) is 2. The van der Waals surface area contributed by atoms with Gasteiger partial charge in [-0.3, -0.25) is 0 Å². The van der Waals surface area contributed by atoms with Crippen LogP contribution in [0.2, 0.25) is 0 Å². The van der Waals surface area contributed by atoms with Crippen LogP contribution in [0.25, 0.3) is 10.8 Å². The Hall–Kier alpha value is -2.11. The van der Waals surface area contributed by atoms with Gasteiger partial charge in [-0.25, -0.2) is 4.79 Å². The predicted molar refractivity (Wildman–Crippen MR) is 79.4 cm³/mol. The Morgan fingerprint density at radius 2 is 1.90 bits per heavy atom. The lowest BCUT2D eigenvalue weighted by Crippen LogP contribution is -2.36. The maximum atomic E-state index is 10.5. The highest BCUT2D eigenvalue weighted by atomic mass is 16.3. The normalized spacial score (nSPS) is 12.2. The van der Waals surface area contributed by atoms with Gasteiger partial charge in [-0.05, 0) is 22.4 Å². The fourth-order valence-corrected chi connectivity index (χ4v) is 2.05. The van der Waals surface area contributed by atoms with E-state index in [4.69, 9.17) is 5.73 Å². The summed E-state index contributed by atoms with van der Waals surface area (Å²) in [4.78, 5) is 10.5. The number of primary amides is 1. The van der Waals surface area contributed by atoms with Crippen LogP contribution in [-0.4, -0.2) is 30.8 Å². The van der Waals surface area contributed by atoms with Gasteiger partial charge in [-0.2, -0.15) is 0 Å². The monoisotopic (exact) mass is 273 g/mol. The molecular weight excluding hydrogens is 254 g/mol. The van der Waals surface area contributed by atoms with Gasteiger partial charge in [-0.15, -0.1) is 0 Å². The Labute approximate surface area is 117 Å². The Balaban J connectivity index is 1.87. The highest BCUT2D eigenvalue weighted by Crippen LogP contribution is 2.19. The largest absolute Gasteiger partial charge is 0.387 e. The quantitative estimate of drug-likeness (QED) is 0.595. The Morgan fingerprint density at radius 1 is 1.15 bits per heavy atom. The van der Waals surface area contributed by atoms with Crippen LogP contribution in [0.3, 0.4) is 0 Å². The molecule has 0 saturated carbocycles. The molecule has 0 aliphatic heterocycles. The molecule has 0 radical (unpaired) electrons. The van der Waals surface area contributed by atoms with Gasteiger partial charge in [0.1, 0.15) is 0 Å². The third-order valence-corrected chi connectivity index (χ3v) is 3.10. The third kappa shape index (κ3) is 3.94. The summed E-state index contributed by atoms with van der Waals surface area (Å²) < 4.78 is 0. The maximum absolute atomic E-state index is 10.5. The van der Waals surface area contributed by atoms with E-state index in [1.807, 2.05) is 42.5 Å². The number of hydrogen-bond acceptors (Lipinski definition) is 3. The van der Waals surface area contributed by atoms with Crippen molar-refractivity contribution in [2.45, 2.75) is 6.10 Å². The van der Waals surface area contributed by atoms with Crippen molar-refractivity contribution >= 4 is 16.8 Å². The van der Waals surface area contributed by atoms with Crippen LogP contribution in [0.1, 0.15) is 11.7 Å². The molecular formula is C15H19N3O2. The number of hydrogen-bond donors (Lipinski definition) is 4. The van der Waals surface area contributed by atoms with Crippen LogP contribution >= 0.6 is 0 Å². The van der Waals surface area contributed by atoms with Crippen LogP contribution in [-0.2, 0) is 0 Å². The minimum atomic E-state index is -0.576. The number of rotatable bonds is 6. The van der Waals surface area contributed by atoms with Gasteiger partial charge in [0.15, 0.2) is 0 Å². The number of carbonyl (C=O) groups is 1. The van der Waals surface area contributed by atoms with Crippen LogP contribution < -0.4 is 16.4 Å². The molecule has 2 amide bonds. The molecule has 2 aromatic rings. The van der Waals surface area contributed by atoms with Gasteiger partial charge < -0.3 is 21.5 Å². The molecule has 0 aliphatic rings. The maximum Gasteiger partial charge on any atom is 0.312 e. The summed E-state index contributed by atoms with van der Waals surface area (Å²) >= 11 is 0. The molecule has 5 nitrogen and oxygen atoms in total. The lowest BCUT2D eigenvalue weighted by molar-refractivity contribution is 0.175. The summed E-state index contributed by atoms with van der Waals surface area (Å²) in [5, 5.41) is 17.9. The Bertz CT molecular complexity index is 586. The van der Waals surface area contributed by atoms with Crippen molar-refractivity contribution in [2.75, 3.05) is 19.6 Å². The molecule has 0 heterocycles. The average Bonchev–Trinajstić information content (AvgIpc) is 2.46. The van der Waals surface area contributed by atoms with Crippen molar-refractivity contribution in [3.8, 4) is 0 Å². The predicted octanol–water partition coefficient (Wildman–Crippen LogP) is 1.13. The second-order valence-corrected chi connectivity index (χ2v) is 4.62. The van der Waals surface area contributed by atoms with E-state index in [1.54, 1.807) is 0 Å². The van der Waals surface area contributed by atoms with E-state index in [-0.39, 0.29) is 0 Å². The number of amides is 2. The average molecular weight is 273 g/mol. The van der Waals surface area contributed by atoms with Gasteiger partial charge in [0.2, 0.25) is 0 Å². The van der Waals surface area contributed by atoms with Crippen molar-refractivity contribution < 1.29 is 9.90 Å².